The molecule has 0 aliphatic carbocycles. The Balaban J connectivity index is 1.40. The van der Waals surface area contributed by atoms with Crippen LogP contribution in [0.5, 0.6) is 0 Å². The van der Waals surface area contributed by atoms with Crippen molar-refractivity contribution in [3.05, 3.63) is 48.2 Å². The lowest BCUT2D eigenvalue weighted by atomic mass is 10.2. The van der Waals surface area contributed by atoms with Gasteiger partial charge in [-0.05, 0) is 36.8 Å². The van der Waals surface area contributed by atoms with Crippen molar-refractivity contribution in [1.29, 1.82) is 0 Å². The lowest BCUT2D eigenvalue weighted by Crippen LogP contribution is -2.48. The van der Waals surface area contributed by atoms with E-state index in [2.05, 4.69) is 14.8 Å². The average Bonchev–Trinajstić information content (AvgIpc) is 3.37. The number of hydrogen-bond acceptors (Lipinski definition) is 5. The van der Waals surface area contributed by atoms with Gasteiger partial charge in [0.15, 0.2) is 5.76 Å². The van der Waals surface area contributed by atoms with Crippen LogP contribution in [0.15, 0.2) is 41.0 Å². The lowest BCUT2D eigenvalue weighted by molar-refractivity contribution is -0.116. The molecule has 1 aliphatic rings. The number of rotatable bonds is 6. The second-order valence-electron chi connectivity index (χ2n) is 7.63. The predicted molar refractivity (Wildman–Crippen MR) is 114 cm³/mol. The molecule has 3 aromatic rings. The zero-order chi connectivity index (χ0) is 21.1. The molecule has 0 saturated carbocycles. The smallest absolute Gasteiger partial charge is 0.289 e. The summed E-state index contributed by atoms with van der Waals surface area (Å²) in [6.45, 7) is 5.60. The number of benzene rings is 1. The lowest BCUT2D eigenvalue weighted by Gasteiger charge is -2.34. The van der Waals surface area contributed by atoms with Crippen LogP contribution in [0, 0.1) is 0 Å². The molecule has 0 spiro atoms. The summed E-state index contributed by atoms with van der Waals surface area (Å²) in [5, 5.41) is 2.93. The Morgan fingerprint density at radius 2 is 1.97 bits per heavy atom. The normalized spacial score (nSPS) is 14.9. The highest BCUT2D eigenvalue weighted by Crippen LogP contribution is 2.21. The van der Waals surface area contributed by atoms with E-state index in [4.69, 9.17) is 9.40 Å². The van der Waals surface area contributed by atoms with E-state index >= 15 is 0 Å². The van der Waals surface area contributed by atoms with Crippen LogP contribution in [0.3, 0.4) is 0 Å². The molecule has 2 aromatic heterocycles. The maximum atomic E-state index is 12.4. The number of nitrogens with one attached hydrogen (secondary N) is 1. The van der Waals surface area contributed by atoms with E-state index in [0.717, 1.165) is 42.1 Å². The van der Waals surface area contributed by atoms with Crippen LogP contribution in [0.2, 0.25) is 0 Å². The fraction of sp³-hybridized carbons (Fsp3) is 0.409. The SMILES string of the molecule is CCCC(=O)Nc1ccc2c(c1)nc(CN1CCN(C(=O)c3ccco3)CC1)n2C. The third-order valence-corrected chi connectivity index (χ3v) is 5.49. The second-order valence-corrected chi connectivity index (χ2v) is 7.63. The molecule has 8 nitrogen and oxygen atoms in total. The predicted octanol–water partition coefficient (Wildman–Crippen LogP) is 2.86. The minimum absolute atomic E-state index is 0.0231. The van der Waals surface area contributed by atoms with Gasteiger partial charge in [-0.3, -0.25) is 14.5 Å². The molecule has 4 rings (SSSR count). The Morgan fingerprint density at radius 3 is 2.67 bits per heavy atom. The van der Waals surface area contributed by atoms with Crippen LogP contribution in [0.25, 0.3) is 11.0 Å². The Labute approximate surface area is 175 Å². The number of aryl methyl sites for hydroxylation is 1. The molecule has 3 heterocycles. The maximum Gasteiger partial charge on any atom is 0.289 e. The van der Waals surface area contributed by atoms with Crippen molar-refractivity contribution in [2.24, 2.45) is 7.05 Å². The van der Waals surface area contributed by atoms with Gasteiger partial charge in [0.05, 0.1) is 23.8 Å². The highest BCUT2D eigenvalue weighted by Gasteiger charge is 2.24. The number of furan rings is 1. The molecule has 30 heavy (non-hydrogen) atoms. The summed E-state index contributed by atoms with van der Waals surface area (Å²) >= 11 is 0. The first-order valence-electron chi connectivity index (χ1n) is 10.4. The summed E-state index contributed by atoms with van der Waals surface area (Å²) in [4.78, 5) is 33.2. The molecule has 8 heteroatoms. The minimum atomic E-state index is -0.0555. The summed E-state index contributed by atoms with van der Waals surface area (Å²) in [7, 11) is 2.01. The van der Waals surface area contributed by atoms with Crippen LogP contribution in [-0.4, -0.2) is 57.3 Å². The first-order chi connectivity index (χ1) is 14.5. The summed E-state index contributed by atoms with van der Waals surface area (Å²) in [5.41, 5.74) is 2.68. The fourth-order valence-electron chi connectivity index (χ4n) is 3.78. The maximum absolute atomic E-state index is 12.4. The van der Waals surface area contributed by atoms with Gasteiger partial charge >= 0.3 is 0 Å². The van der Waals surface area contributed by atoms with Gasteiger partial charge in [0.1, 0.15) is 5.82 Å². The van der Waals surface area contributed by atoms with Gasteiger partial charge in [-0.25, -0.2) is 4.98 Å². The van der Waals surface area contributed by atoms with E-state index < -0.39 is 0 Å². The Kier molecular flexibility index (Phi) is 5.85. The number of piperazine rings is 1. The standard InChI is InChI=1S/C22H27N5O3/c1-3-5-21(28)23-16-7-8-18-17(14-16)24-20(25(18)2)15-26-9-11-27(12-10-26)22(29)19-6-4-13-30-19/h4,6-8,13-14H,3,5,9-12,15H2,1-2H3,(H,23,28). The molecular formula is C22H27N5O3. The van der Waals surface area contributed by atoms with Crippen molar-refractivity contribution >= 4 is 28.5 Å². The minimum Gasteiger partial charge on any atom is -0.459 e. The number of anilines is 1. The molecule has 0 unspecified atom stereocenters. The molecule has 1 aromatic carbocycles. The Bertz CT molecular complexity index is 1030. The van der Waals surface area contributed by atoms with Gasteiger partial charge in [-0.15, -0.1) is 0 Å². The van der Waals surface area contributed by atoms with Crippen molar-refractivity contribution in [3.63, 3.8) is 0 Å². The summed E-state index contributed by atoms with van der Waals surface area (Å²) in [5.74, 6) is 1.32. The monoisotopic (exact) mass is 409 g/mol. The molecule has 0 bridgehead atoms. The summed E-state index contributed by atoms with van der Waals surface area (Å²) < 4.78 is 7.31. The van der Waals surface area contributed by atoms with Crippen molar-refractivity contribution in [2.45, 2.75) is 26.3 Å². The molecule has 1 fully saturated rings. The molecular weight excluding hydrogens is 382 g/mol. The van der Waals surface area contributed by atoms with E-state index in [1.165, 1.54) is 6.26 Å². The van der Waals surface area contributed by atoms with Crippen LogP contribution in [0.4, 0.5) is 5.69 Å². The first-order valence-corrected chi connectivity index (χ1v) is 10.4. The van der Waals surface area contributed by atoms with Gasteiger partial charge < -0.3 is 19.2 Å². The van der Waals surface area contributed by atoms with Gasteiger partial charge in [0.25, 0.3) is 5.91 Å². The van der Waals surface area contributed by atoms with Gasteiger partial charge in [-0.1, -0.05) is 6.92 Å². The highest BCUT2D eigenvalue weighted by molar-refractivity contribution is 5.93. The third-order valence-electron chi connectivity index (χ3n) is 5.49. The topological polar surface area (TPSA) is 83.6 Å². The van der Waals surface area contributed by atoms with Crippen LogP contribution in [0.1, 0.15) is 36.1 Å². The van der Waals surface area contributed by atoms with Gasteiger partial charge in [-0.2, -0.15) is 0 Å². The van der Waals surface area contributed by atoms with Crippen LogP contribution >= 0.6 is 0 Å². The largest absolute Gasteiger partial charge is 0.459 e. The van der Waals surface area contributed by atoms with Crippen molar-refractivity contribution < 1.29 is 14.0 Å². The van der Waals surface area contributed by atoms with E-state index in [1.807, 2.05) is 37.1 Å². The number of fused-ring (bicyclic) bond motifs is 1. The second kappa shape index (κ2) is 8.71. The number of imidazole rings is 1. The number of aromatic nitrogens is 2. The molecule has 0 radical (unpaired) electrons. The molecule has 1 aliphatic heterocycles. The van der Waals surface area contributed by atoms with E-state index in [0.29, 0.717) is 31.8 Å². The zero-order valence-corrected chi connectivity index (χ0v) is 17.4. The summed E-state index contributed by atoms with van der Waals surface area (Å²) in [6.07, 6.45) is 2.86. The van der Waals surface area contributed by atoms with Crippen LogP contribution < -0.4 is 5.32 Å². The number of carbonyl (C=O) groups excluding carboxylic acids is 2. The van der Waals surface area contributed by atoms with Gasteiger partial charge in [0.2, 0.25) is 5.91 Å². The van der Waals surface area contributed by atoms with Crippen molar-refractivity contribution in [1.82, 2.24) is 19.4 Å². The number of amides is 2. The number of carbonyl (C=O) groups is 2. The average molecular weight is 409 g/mol. The quantitative estimate of drug-likeness (QED) is 0.677. The van der Waals surface area contributed by atoms with Crippen LogP contribution in [-0.2, 0) is 18.4 Å². The molecule has 1 saturated heterocycles. The third kappa shape index (κ3) is 4.23. The number of hydrogen-bond donors (Lipinski definition) is 1. The fourth-order valence-corrected chi connectivity index (χ4v) is 3.78. The van der Waals surface area contributed by atoms with E-state index in [-0.39, 0.29) is 11.8 Å². The molecule has 158 valence electrons. The summed E-state index contributed by atoms with van der Waals surface area (Å²) in [6, 6.07) is 9.27. The number of nitrogens with zero attached hydrogens (tertiary/aromatic N) is 4. The van der Waals surface area contributed by atoms with E-state index in [9.17, 15) is 9.59 Å². The highest BCUT2D eigenvalue weighted by atomic mass is 16.3. The molecule has 0 atom stereocenters. The molecule has 2 amide bonds. The van der Waals surface area contributed by atoms with Crippen molar-refractivity contribution in [2.75, 3.05) is 31.5 Å². The first kappa shape index (κ1) is 20.2. The van der Waals surface area contributed by atoms with E-state index in [1.54, 1.807) is 12.1 Å². The van der Waals surface area contributed by atoms with Gasteiger partial charge in [0, 0.05) is 45.3 Å². The zero-order valence-electron chi connectivity index (χ0n) is 17.4. The Morgan fingerprint density at radius 1 is 1.17 bits per heavy atom. The van der Waals surface area contributed by atoms with Crippen molar-refractivity contribution in [3.8, 4) is 0 Å². The molecule has 1 N–H and O–H groups in total. The Hall–Kier alpha value is -3.13.